The Balaban J connectivity index is 1.98. The van der Waals surface area contributed by atoms with E-state index in [4.69, 9.17) is 0 Å². The Bertz CT molecular complexity index is 532. The zero-order valence-electron chi connectivity index (χ0n) is 10.8. The predicted octanol–water partition coefficient (Wildman–Crippen LogP) is -1.63. The number of piperazine rings is 1. The van der Waals surface area contributed by atoms with E-state index in [9.17, 15) is 13.2 Å². The number of rotatable bonds is 3. The third kappa shape index (κ3) is 2.74. The minimum Gasteiger partial charge on any atom is -0.335 e. The van der Waals surface area contributed by atoms with Gasteiger partial charge in [-0.2, -0.15) is 32.4 Å². The summed E-state index contributed by atoms with van der Waals surface area (Å²) in [5.41, 5.74) is 0.240. The number of carbonyl (C=O) groups is 1. The Morgan fingerprint density at radius 2 is 1.95 bits per heavy atom. The molecule has 10 heteroatoms. The van der Waals surface area contributed by atoms with Crippen LogP contribution in [0.1, 0.15) is 10.5 Å². The molecule has 0 radical (unpaired) electrons. The van der Waals surface area contributed by atoms with Crippen molar-refractivity contribution in [2.75, 3.05) is 40.3 Å². The van der Waals surface area contributed by atoms with Crippen molar-refractivity contribution in [3.63, 3.8) is 0 Å². The van der Waals surface area contributed by atoms with Gasteiger partial charge >= 0.3 is 0 Å². The van der Waals surface area contributed by atoms with Crippen molar-refractivity contribution in [3.8, 4) is 0 Å². The number of aromatic nitrogens is 3. The molecule has 0 spiro atoms. The van der Waals surface area contributed by atoms with Crippen LogP contribution in [0.3, 0.4) is 0 Å². The van der Waals surface area contributed by atoms with Gasteiger partial charge < -0.3 is 4.90 Å². The number of carbonyl (C=O) groups excluding carboxylic acids is 1. The molecule has 1 fully saturated rings. The lowest BCUT2D eigenvalue weighted by Gasteiger charge is -2.34. The molecule has 106 valence electrons. The van der Waals surface area contributed by atoms with Crippen LogP contribution in [0.25, 0.3) is 0 Å². The second kappa shape index (κ2) is 5.23. The number of H-pyrrole nitrogens is 1. The molecular formula is C9H16N6O3S. The minimum absolute atomic E-state index is 0.240. The van der Waals surface area contributed by atoms with Crippen LogP contribution in [0.4, 0.5) is 0 Å². The second-order valence-electron chi connectivity index (χ2n) is 4.34. The second-order valence-corrected chi connectivity index (χ2v) is 6.48. The van der Waals surface area contributed by atoms with Gasteiger partial charge in [0.15, 0.2) is 5.69 Å². The molecule has 1 N–H and O–H groups in total. The van der Waals surface area contributed by atoms with Crippen LogP contribution in [0.5, 0.6) is 0 Å². The maximum atomic E-state index is 12.0. The summed E-state index contributed by atoms with van der Waals surface area (Å²) in [5, 5.41) is 9.68. The van der Waals surface area contributed by atoms with Crippen molar-refractivity contribution in [2.45, 2.75) is 0 Å². The van der Waals surface area contributed by atoms with Crippen molar-refractivity contribution >= 4 is 16.1 Å². The van der Waals surface area contributed by atoms with E-state index in [2.05, 4.69) is 15.4 Å². The lowest BCUT2D eigenvalue weighted by atomic mass is 10.3. The molecule has 0 unspecified atom stereocenters. The summed E-state index contributed by atoms with van der Waals surface area (Å²) < 4.78 is 26.4. The molecular weight excluding hydrogens is 272 g/mol. The van der Waals surface area contributed by atoms with Gasteiger partial charge in [-0.05, 0) is 0 Å². The first-order chi connectivity index (χ1) is 8.93. The van der Waals surface area contributed by atoms with Gasteiger partial charge in [-0.1, -0.05) is 0 Å². The number of nitrogens with one attached hydrogen (secondary N) is 1. The van der Waals surface area contributed by atoms with Crippen molar-refractivity contribution in [1.82, 2.24) is 28.9 Å². The van der Waals surface area contributed by atoms with Crippen LogP contribution in [-0.2, 0) is 10.2 Å². The van der Waals surface area contributed by atoms with Gasteiger partial charge in [-0.15, -0.1) is 0 Å². The molecule has 1 saturated heterocycles. The van der Waals surface area contributed by atoms with E-state index in [0.717, 1.165) is 0 Å². The highest BCUT2D eigenvalue weighted by Gasteiger charge is 2.30. The summed E-state index contributed by atoms with van der Waals surface area (Å²) in [5.74, 6) is -0.240. The monoisotopic (exact) mass is 288 g/mol. The van der Waals surface area contributed by atoms with Gasteiger partial charge in [0.05, 0.1) is 6.20 Å². The fourth-order valence-electron chi connectivity index (χ4n) is 1.82. The molecule has 1 aromatic heterocycles. The molecule has 1 aromatic rings. The Labute approximate surface area is 111 Å². The zero-order chi connectivity index (χ0) is 14.0. The molecule has 1 amide bonds. The summed E-state index contributed by atoms with van der Waals surface area (Å²) >= 11 is 0. The quantitative estimate of drug-likeness (QED) is 0.719. The molecule has 1 aliphatic heterocycles. The first-order valence-electron chi connectivity index (χ1n) is 5.75. The highest BCUT2D eigenvalue weighted by Crippen LogP contribution is 2.11. The van der Waals surface area contributed by atoms with Gasteiger partial charge in [0.2, 0.25) is 0 Å². The lowest BCUT2D eigenvalue weighted by molar-refractivity contribution is 0.0689. The molecule has 0 bridgehead atoms. The SMILES string of the molecule is CN(C)S(=O)(=O)N1CCN(C(=O)c2cn[nH]n2)CC1. The van der Waals surface area contributed by atoms with Gasteiger partial charge in [-0.3, -0.25) is 4.79 Å². The Hall–Kier alpha value is -1.52. The minimum atomic E-state index is -3.41. The number of nitrogens with zero attached hydrogens (tertiary/aromatic N) is 5. The zero-order valence-corrected chi connectivity index (χ0v) is 11.6. The average molecular weight is 288 g/mol. The van der Waals surface area contributed by atoms with Crippen molar-refractivity contribution in [3.05, 3.63) is 11.9 Å². The number of aromatic amines is 1. The third-order valence-corrected chi connectivity index (χ3v) is 4.89. The number of hydrogen-bond donors (Lipinski definition) is 1. The van der Waals surface area contributed by atoms with Crippen LogP contribution < -0.4 is 0 Å². The summed E-state index contributed by atoms with van der Waals surface area (Å²) in [6.07, 6.45) is 1.35. The molecule has 1 aliphatic rings. The number of amides is 1. The normalized spacial score (nSPS) is 17.9. The van der Waals surface area contributed by atoms with Crippen LogP contribution >= 0.6 is 0 Å². The first kappa shape index (κ1) is 13.9. The largest absolute Gasteiger partial charge is 0.335 e. The van der Waals surface area contributed by atoms with Crippen LogP contribution in [0.2, 0.25) is 0 Å². The van der Waals surface area contributed by atoms with Gasteiger partial charge in [0.25, 0.3) is 16.1 Å². The van der Waals surface area contributed by atoms with Crippen molar-refractivity contribution in [1.29, 1.82) is 0 Å². The molecule has 9 nitrogen and oxygen atoms in total. The summed E-state index contributed by atoms with van der Waals surface area (Å²) in [4.78, 5) is 13.5. The van der Waals surface area contributed by atoms with Crippen LogP contribution in [0.15, 0.2) is 6.20 Å². The highest BCUT2D eigenvalue weighted by atomic mass is 32.2. The molecule has 0 aliphatic carbocycles. The third-order valence-electron chi connectivity index (χ3n) is 2.95. The summed E-state index contributed by atoms with van der Waals surface area (Å²) in [7, 11) is -0.432. The predicted molar refractivity (Wildman–Crippen MR) is 66.5 cm³/mol. The molecule has 0 atom stereocenters. The molecule has 2 heterocycles. The lowest BCUT2D eigenvalue weighted by Crippen LogP contribution is -2.53. The average Bonchev–Trinajstić information content (AvgIpc) is 2.91. The van der Waals surface area contributed by atoms with Gasteiger partial charge in [0.1, 0.15) is 0 Å². The molecule has 0 saturated carbocycles. The van der Waals surface area contributed by atoms with Gasteiger partial charge in [-0.25, -0.2) is 0 Å². The number of hydrogen-bond acceptors (Lipinski definition) is 5. The standard InChI is InChI=1S/C9H16N6O3S/c1-13(2)19(17,18)15-5-3-14(4-6-15)9(16)8-7-10-12-11-8/h7H,3-6H2,1-2H3,(H,10,11,12). The maximum Gasteiger partial charge on any atom is 0.281 e. The van der Waals surface area contributed by atoms with E-state index in [0.29, 0.717) is 13.1 Å². The molecule has 2 rings (SSSR count). The fraction of sp³-hybridized carbons (Fsp3) is 0.667. The first-order valence-corrected chi connectivity index (χ1v) is 7.15. The smallest absolute Gasteiger partial charge is 0.281 e. The van der Waals surface area contributed by atoms with Crippen molar-refractivity contribution in [2.24, 2.45) is 0 Å². The summed E-state index contributed by atoms with van der Waals surface area (Å²) in [6, 6.07) is 0. The van der Waals surface area contributed by atoms with Crippen LogP contribution in [-0.4, -0.2) is 83.5 Å². The molecule has 0 aromatic carbocycles. The summed E-state index contributed by atoms with van der Waals surface area (Å²) in [6.45, 7) is 1.26. The van der Waals surface area contributed by atoms with Crippen LogP contribution in [0, 0.1) is 0 Å². The van der Waals surface area contributed by atoms with E-state index in [1.165, 1.54) is 28.9 Å². The topological polar surface area (TPSA) is 103 Å². The van der Waals surface area contributed by atoms with E-state index in [1.807, 2.05) is 0 Å². The Kier molecular flexibility index (Phi) is 3.83. The van der Waals surface area contributed by atoms with Crippen molar-refractivity contribution < 1.29 is 13.2 Å². The highest BCUT2D eigenvalue weighted by molar-refractivity contribution is 7.86. The Morgan fingerprint density at radius 3 is 2.42 bits per heavy atom. The fourth-order valence-corrected chi connectivity index (χ4v) is 2.91. The molecule has 19 heavy (non-hydrogen) atoms. The van der Waals surface area contributed by atoms with E-state index < -0.39 is 10.2 Å². The maximum absolute atomic E-state index is 12.0. The van der Waals surface area contributed by atoms with Gasteiger partial charge in [0, 0.05) is 40.3 Å². The van der Waals surface area contributed by atoms with E-state index in [-0.39, 0.29) is 24.7 Å². The Morgan fingerprint density at radius 1 is 1.32 bits per heavy atom. The van der Waals surface area contributed by atoms with E-state index in [1.54, 1.807) is 4.90 Å². The van der Waals surface area contributed by atoms with E-state index >= 15 is 0 Å².